The van der Waals surface area contributed by atoms with Crippen LogP contribution in [0.25, 0.3) is 0 Å². The van der Waals surface area contributed by atoms with Gasteiger partial charge in [0, 0.05) is 24.0 Å². The van der Waals surface area contributed by atoms with E-state index in [1.165, 1.54) is 6.92 Å². The summed E-state index contributed by atoms with van der Waals surface area (Å²) in [5, 5.41) is 8.33. The van der Waals surface area contributed by atoms with Crippen molar-refractivity contribution in [2.24, 2.45) is 0 Å². The largest absolute Gasteiger partial charge is 0.326 e. The SMILES string of the molecule is CCN(CC(=O)Nc1ccc(NC(C)=O)cc1)C(C)C(=O)Nc1ccccc1. The number of benzene rings is 2. The molecule has 0 aliphatic carbocycles. The maximum atomic E-state index is 12.5. The Morgan fingerprint density at radius 3 is 1.93 bits per heavy atom. The van der Waals surface area contributed by atoms with E-state index in [1.807, 2.05) is 37.3 Å². The number of hydrogen-bond acceptors (Lipinski definition) is 4. The summed E-state index contributed by atoms with van der Waals surface area (Å²) in [4.78, 5) is 37.7. The Bertz CT molecular complexity index is 806. The number of nitrogens with zero attached hydrogens (tertiary/aromatic N) is 1. The summed E-state index contributed by atoms with van der Waals surface area (Å²) < 4.78 is 0. The molecule has 0 aliphatic rings. The molecule has 2 aromatic carbocycles. The van der Waals surface area contributed by atoms with E-state index in [1.54, 1.807) is 36.1 Å². The van der Waals surface area contributed by atoms with E-state index in [0.29, 0.717) is 17.9 Å². The van der Waals surface area contributed by atoms with Crippen LogP contribution in [-0.2, 0) is 14.4 Å². The fraction of sp³-hybridized carbons (Fsp3) is 0.286. The highest BCUT2D eigenvalue weighted by Gasteiger charge is 2.22. The molecule has 1 unspecified atom stereocenters. The molecule has 0 fully saturated rings. The first-order valence-electron chi connectivity index (χ1n) is 9.16. The van der Waals surface area contributed by atoms with E-state index < -0.39 is 6.04 Å². The van der Waals surface area contributed by atoms with Crippen LogP contribution >= 0.6 is 0 Å². The third-order valence-electron chi connectivity index (χ3n) is 4.21. The maximum Gasteiger partial charge on any atom is 0.241 e. The Balaban J connectivity index is 1.90. The minimum Gasteiger partial charge on any atom is -0.326 e. The molecular formula is C21H26N4O3. The number of hydrogen-bond donors (Lipinski definition) is 3. The van der Waals surface area contributed by atoms with Gasteiger partial charge in [-0.2, -0.15) is 0 Å². The number of anilines is 3. The van der Waals surface area contributed by atoms with Crippen LogP contribution < -0.4 is 16.0 Å². The Hall–Kier alpha value is -3.19. The van der Waals surface area contributed by atoms with Gasteiger partial charge in [-0.15, -0.1) is 0 Å². The van der Waals surface area contributed by atoms with Gasteiger partial charge < -0.3 is 16.0 Å². The lowest BCUT2D eigenvalue weighted by molar-refractivity contribution is -0.123. The number of amides is 3. The first kappa shape index (κ1) is 21.1. The van der Waals surface area contributed by atoms with Crippen LogP contribution in [0.1, 0.15) is 20.8 Å². The van der Waals surface area contributed by atoms with Gasteiger partial charge in [-0.25, -0.2) is 0 Å². The number of nitrogens with one attached hydrogen (secondary N) is 3. The van der Waals surface area contributed by atoms with Crippen LogP contribution in [0.2, 0.25) is 0 Å². The minimum atomic E-state index is -0.460. The van der Waals surface area contributed by atoms with E-state index >= 15 is 0 Å². The highest BCUT2D eigenvalue weighted by Crippen LogP contribution is 2.14. The molecule has 3 N–H and O–H groups in total. The normalized spacial score (nSPS) is 11.6. The molecule has 0 spiro atoms. The van der Waals surface area contributed by atoms with Crippen LogP contribution in [0.4, 0.5) is 17.1 Å². The van der Waals surface area contributed by atoms with Crippen LogP contribution in [0.5, 0.6) is 0 Å². The summed E-state index contributed by atoms with van der Waals surface area (Å²) in [5.74, 6) is -0.535. The van der Waals surface area contributed by atoms with Crippen molar-refractivity contribution < 1.29 is 14.4 Å². The zero-order chi connectivity index (χ0) is 20.5. The fourth-order valence-electron chi connectivity index (χ4n) is 2.68. The molecular weight excluding hydrogens is 356 g/mol. The molecule has 148 valence electrons. The topological polar surface area (TPSA) is 90.5 Å². The summed E-state index contributed by atoms with van der Waals surface area (Å²) in [6.45, 7) is 5.76. The van der Waals surface area contributed by atoms with Crippen molar-refractivity contribution in [2.45, 2.75) is 26.8 Å². The maximum absolute atomic E-state index is 12.5. The number of likely N-dealkylation sites (N-methyl/N-ethyl adjacent to an activating group) is 1. The molecule has 7 nitrogen and oxygen atoms in total. The van der Waals surface area contributed by atoms with E-state index in [0.717, 1.165) is 5.69 Å². The molecule has 0 aliphatic heterocycles. The zero-order valence-electron chi connectivity index (χ0n) is 16.4. The average molecular weight is 382 g/mol. The van der Waals surface area contributed by atoms with Gasteiger partial charge in [-0.3, -0.25) is 19.3 Å². The Kier molecular flexibility index (Phi) is 7.71. The first-order chi connectivity index (χ1) is 13.4. The number of para-hydroxylation sites is 1. The van der Waals surface area contributed by atoms with Crippen LogP contribution in [0.3, 0.4) is 0 Å². The number of carbonyl (C=O) groups excluding carboxylic acids is 3. The molecule has 0 heterocycles. The third-order valence-corrected chi connectivity index (χ3v) is 4.21. The number of carbonyl (C=O) groups is 3. The minimum absolute atomic E-state index is 0.0906. The van der Waals surface area contributed by atoms with Gasteiger partial charge >= 0.3 is 0 Å². The van der Waals surface area contributed by atoms with Gasteiger partial charge in [0.2, 0.25) is 17.7 Å². The molecule has 0 saturated heterocycles. The first-order valence-corrected chi connectivity index (χ1v) is 9.16. The lowest BCUT2D eigenvalue weighted by Crippen LogP contribution is -2.45. The standard InChI is InChI=1S/C21H26N4O3/c1-4-25(15(2)21(28)24-17-8-6-5-7-9-17)14-20(27)23-19-12-10-18(11-13-19)22-16(3)26/h5-13,15H,4,14H2,1-3H3,(H,22,26)(H,23,27)(H,24,28). The molecule has 2 aromatic rings. The summed E-state index contributed by atoms with van der Waals surface area (Å²) in [6.07, 6.45) is 0. The number of rotatable bonds is 8. The van der Waals surface area contributed by atoms with E-state index in [4.69, 9.17) is 0 Å². The Labute approximate surface area is 165 Å². The van der Waals surface area contributed by atoms with Crippen molar-refractivity contribution in [3.63, 3.8) is 0 Å². The Morgan fingerprint density at radius 2 is 1.39 bits per heavy atom. The predicted octanol–water partition coefficient (Wildman–Crippen LogP) is 2.93. The molecule has 0 bridgehead atoms. The summed E-state index contributed by atoms with van der Waals surface area (Å²) >= 11 is 0. The molecule has 3 amide bonds. The summed E-state index contributed by atoms with van der Waals surface area (Å²) in [7, 11) is 0. The lowest BCUT2D eigenvalue weighted by Gasteiger charge is -2.26. The second kappa shape index (κ2) is 10.2. The van der Waals surface area contributed by atoms with Crippen molar-refractivity contribution in [3.05, 3.63) is 54.6 Å². The molecule has 2 rings (SSSR count). The smallest absolute Gasteiger partial charge is 0.241 e. The summed E-state index contributed by atoms with van der Waals surface area (Å²) in [6, 6.07) is 15.6. The Morgan fingerprint density at radius 1 is 0.857 bits per heavy atom. The highest BCUT2D eigenvalue weighted by molar-refractivity contribution is 5.96. The van der Waals surface area contributed by atoms with Crippen molar-refractivity contribution in [3.8, 4) is 0 Å². The van der Waals surface area contributed by atoms with Crippen molar-refractivity contribution in [1.82, 2.24) is 4.90 Å². The second-order valence-electron chi connectivity index (χ2n) is 6.40. The van der Waals surface area contributed by atoms with Crippen molar-refractivity contribution in [1.29, 1.82) is 0 Å². The van der Waals surface area contributed by atoms with Crippen molar-refractivity contribution >= 4 is 34.8 Å². The fourth-order valence-corrected chi connectivity index (χ4v) is 2.68. The predicted molar refractivity (Wildman–Crippen MR) is 111 cm³/mol. The molecule has 28 heavy (non-hydrogen) atoms. The molecule has 1 atom stereocenters. The molecule has 0 saturated carbocycles. The average Bonchev–Trinajstić information content (AvgIpc) is 2.67. The van der Waals surface area contributed by atoms with E-state index in [-0.39, 0.29) is 24.3 Å². The quantitative estimate of drug-likeness (QED) is 0.655. The lowest BCUT2D eigenvalue weighted by atomic mass is 10.2. The van der Waals surface area contributed by atoms with Gasteiger partial charge in [0.15, 0.2) is 0 Å². The van der Waals surface area contributed by atoms with E-state index in [9.17, 15) is 14.4 Å². The van der Waals surface area contributed by atoms with Gasteiger partial charge in [-0.05, 0) is 49.9 Å². The molecule has 7 heteroatoms. The van der Waals surface area contributed by atoms with E-state index in [2.05, 4.69) is 16.0 Å². The molecule has 0 radical (unpaired) electrons. The summed E-state index contributed by atoms with van der Waals surface area (Å²) in [5.41, 5.74) is 2.00. The van der Waals surface area contributed by atoms with Gasteiger partial charge in [0.1, 0.15) is 0 Å². The van der Waals surface area contributed by atoms with Crippen LogP contribution in [-0.4, -0.2) is 41.8 Å². The van der Waals surface area contributed by atoms with Gasteiger partial charge in [0.25, 0.3) is 0 Å². The second-order valence-corrected chi connectivity index (χ2v) is 6.40. The van der Waals surface area contributed by atoms with Crippen molar-refractivity contribution in [2.75, 3.05) is 29.0 Å². The van der Waals surface area contributed by atoms with Gasteiger partial charge in [-0.1, -0.05) is 25.1 Å². The molecule has 0 aromatic heterocycles. The highest BCUT2D eigenvalue weighted by atomic mass is 16.2. The van der Waals surface area contributed by atoms with Gasteiger partial charge in [0.05, 0.1) is 12.6 Å². The zero-order valence-corrected chi connectivity index (χ0v) is 16.4. The third kappa shape index (κ3) is 6.51. The van der Waals surface area contributed by atoms with Crippen LogP contribution in [0.15, 0.2) is 54.6 Å². The monoisotopic (exact) mass is 382 g/mol. The van der Waals surface area contributed by atoms with Crippen LogP contribution in [0, 0.1) is 0 Å².